The first-order valence-electron chi connectivity index (χ1n) is 8.43. The summed E-state index contributed by atoms with van der Waals surface area (Å²) in [5.74, 6) is 2.80. The van der Waals surface area contributed by atoms with Gasteiger partial charge < -0.3 is 9.47 Å². The number of methoxy groups -OCH3 is 2. The zero-order valence-corrected chi connectivity index (χ0v) is 15.0. The summed E-state index contributed by atoms with van der Waals surface area (Å²) in [4.78, 5) is 0. The second kappa shape index (κ2) is 5.66. The molecule has 0 saturated carbocycles. The van der Waals surface area contributed by atoms with Gasteiger partial charge in [-0.05, 0) is 37.3 Å². The number of rotatable bonds is 3. The van der Waals surface area contributed by atoms with Crippen molar-refractivity contribution >= 4 is 22.3 Å². The van der Waals surface area contributed by atoms with Crippen LogP contribution in [0, 0.1) is 6.92 Å². The van der Waals surface area contributed by atoms with Gasteiger partial charge in [-0.3, -0.25) is 8.80 Å². The van der Waals surface area contributed by atoms with Crippen molar-refractivity contribution in [2.45, 2.75) is 6.92 Å². The minimum Gasteiger partial charge on any atom is -0.493 e. The van der Waals surface area contributed by atoms with E-state index in [4.69, 9.17) is 9.47 Å². The molecule has 0 aliphatic carbocycles. The first kappa shape index (κ1) is 15.6. The van der Waals surface area contributed by atoms with Gasteiger partial charge in [0.2, 0.25) is 11.3 Å². The monoisotopic (exact) mass is 360 g/mol. The van der Waals surface area contributed by atoms with Crippen LogP contribution in [0.3, 0.4) is 0 Å². The Balaban J connectivity index is 1.91. The largest absolute Gasteiger partial charge is 0.493 e. The van der Waals surface area contributed by atoms with Crippen molar-refractivity contribution in [3.63, 3.8) is 0 Å². The summed E-state index contributed by atoms with van der Waals surface area (Å²) >= 11 is 0. The molecular weight excluding hydrogens is 344 g/mol. The Bertz CT molecular complexity index is 1320. The molecule has 0 spiro atoms. The molecule has 0 N–H and O–H groups in total. The van der Waals surface area contributed by atoms with Crippen LogP contribution in [0.15, 0.2) is 42.5 Å². The van der Waals surface area contributed by atoms with Gasteiger partial charge in [-0.1, -0.05) is 12.1 Å². The second-order valence-electron chi connectivity index (χ2n) is 6.15. The smallest absolute Gasteiger partial charge is 0.207 e. The van der Waals surface area contributed by atoms with Crippen LogP contribution in [0.4, 0.5) is 0 Å². The molecule has 8 nitrogen and oxygen atoms in total. The lowest BCUT2D eigenvalue weighted by Gasteiger charge is -2.10. The molecule has 3 heterocycles. The SMILES string of the molecule is COc1ccc(-c2nnc3c4nnc(C)n4c4ccccc4n23)cc1OC. The molecule has 5 aromatic rings. The summed E-state index contributed by atoms with van der Waals surface area (Å²) in [7, 11) is 3.23. The fraction of sp³-hybridized carbons (Fsp3) is 0.158. The Kier molecular flexibility index (Phi) is 3.27. The first-order chi connectivity index (χ1) is 13.2. The summed E-state index contributed by atoms with van der Waals surface area (Å²) in [5, 5.41) is 17.4. The van der Waals surface area contributed by atoms with Gasteiger partial charge in [-0.15, -0.1) is 20.4 Å². The lowest BCUT2D eigenvalue weighted by Crippen LogP contribution is -2.00. The summed E-state index contributed by atoms with van der Waals surface area (Å²) in [6.45, 7) is 1.93. The molecule has 0 unspecified atom stereocenters. The van der Waals surface area contributed by atoms with Gasteiger partial charge >= 0.3 is 0 Å². The van der Waals surface area contributed by atoms with Crippen LogP contribution < -0.4 is 9.47 Å². The fourth-order valence-corrected chi connectivity index (χ4v) is 3.46. The first-order valence-corrected chi connectivity index (χ1v) is 8.43. The molecule has 0 atom stereocenters. The minimum absolute atomic E-state index is 0.635. The number of aryl methyl sites for hydroxylation is 1. The lowest BCUT2D eigenvalue weighted by atomic mass is 10.2. The zero-order valence-electron chi connectivity index (χ0n) is 15.0. The highest BCUT2D eigenvalue weighted by molar-refractivity contribution is 5.87. The number of nitrogens with zero attached hydrogens (tertiary/aromatic N) is 6. The summed E-state index contributed by atoms with van der Waals surface area (Å²) in [6.07, 6.45) is 0. The topological polar surface area (TPSA) is 78.8 Å². The van der Waals surface area contributed by atoms with Gasteiger partial charge in [-0.2, -0.15) is 0 Å². The molecule has 0 fully saturated rings. The van der Waals surface area contributed by atoms with Gasteiger partial charge in [0.25, 0.3) is 0 Å². The summed E-state index contributed by atoms with van der Waals surface area (Å²) in [5.41, 5.74) is 4.15. The van der Waals surface area contributed by atoms with E-state index in [9.17, 15) is 0 Å². The van der Waals surface area contributed by atoms with Gasteiger partial charge in [0.15, 0.2) is 17.3 Å². The van der Waals surface area contributed by atoms with Crippen molar-refractivity contribution in [2.24, 2.45) is 0 Å². The predicted octanol–water partition coefficient (Wildman–Crippen LogP) is 2.92. The van der Waals surface area contributed by atoms with Gasteiger partial charge in [0.1, 0.15) is 5.82 Å². The third-order valence-electron chi connectivity index (χ3n) is 4.69. The van der Waals surface area contributed by atoms with Gasteiger partial charge in [-0.25, -0.2) is 0 Å². The number of fused-ring (bicyclic) bond motifs is 6. The molecule has 134 valence electrons. The van der Waals surface area contributed by atoms with Crippen LogP contribution >= 0.6 is 0 Å². The van der Waals surface area contributed by atoms with Crippen LogP contribution in [0.1, 0.15) is 5.82 Å². The predicted molar refractivity (Wildman–Crippen MR) is 100 cm³/mol. The molecule has 0 aliphatic heterocycles. The summed E-state index contributed by atoms with van der Waals surface area (Å²) in [6, 6.07) is 13.7. The van der Waals surface area contributed by atoms with E-state index >= 15 is 0 Å². The van der Waals surface area contributed by atoms with E-state index in [1.165, 1.54) is 0 Å². The highest BCUT2D eigenvalue weighted by Crippen LogP contribution is 2.33. The summed E-state index contributed by atoms with van der Waals surface area (Å²) < 4.78 is 14.8. The molecule has 0 amide bonds. The van der Waals surface area contributed by atoms with E-state index in [1.807, 2.05) is 58.2 Å². The maximum atomic E-state index is 5.44. The van der Waals surface area contributed by atoms with Crippen molar-refractivity contribution in [3.8, 4) is 22.9 Å². The quantitative estimate of drug-likeness (QED) is 0.492. The minimum atomic E-state index is 0.635. The third-order valence-corrected chi connectivity index (χ3v) is 4.69. The Labute approximate surface area is 154 Å². The highest BCUT2D eigenvalue weighted by atomic mass is 16.5. The Hall–Kier alpha value is -3.68. The van der Waals surface area contributed by atoms with E-state index in [-0.39, 0.29) is 0 Å². The number of benzene rings is 2. The Morgan fingerprint density at radius 3 is 2.15 bits per heavy atom. The van der Waals surface area contributed by atoms with E-state index in [0.717, 1.165) is 22.4 Å². The molecule has 0 saturated heterocycles. The Morgan fingerprint density at radius 2 is 1.41 bits per heavy atom. The molecule has 0 aliphatic rings. The maximum absolute atomic E-state index is 5.44. The van der Waals surface area contributed by atoms with Gasteiger partial charge in [0, 0.05) is 5.56 Å². The number of para-hydroxylation sites is 2. The van der Waals surface area contributed by atoms with Crippen LogP contribution in [-0.4, -0.2) is 43.4 Å². The standard InChI is InChI=1S/C19H16N6O2/c1-11-20-22-18-19-23-21-17(12-8-9-15(26-2)16(10-12)27-3)25(19)14-7-5-4-6-13(14)24(11)18/h4-10H,1-3H3. The number of aromatic nitrogens is 6. The average Bonchev–Trinajstić information content (AvgIpc) is 3.32. The Morgan fingerprint density at radius 1 is 0.741 bits per heavy atom. The number of ether oxygens (including phenoxy) is 2. The van der Waals surface area contributed by atoms with Crippen molar-refractivity contribution in [1.29, 1.82) is 0 Å². The van der Waals surface area contributed by atoms with E-state index in [2.05, 4.69) is 20.4 Å². The zero-order chi connectivity index (χ0) is 18.5. The van der Waals surface area contributed by atoms with E-state index in [0.29, 0.717) is 28.6 Å². The van der Waals surface area contributed by atoms with E-state index < -0.39 is 0 Å². The number of hydrogen-bond acceptors (Lipinski definition) is 6. The van der Waals surface area contributed by atoms with Crippen LogP contribution in [-0.2, 0) is 0 Å². The van der Waals surface area contributed by atoms with Crippen molar-refractivity contribution < 1.29 is 9.47 Å². The lowest BCUT2D eigenvalue weighted by molar-refractivity contribution is 0.355. The van der Waals surface area contributed by atoms with Crippen molar-refractivity contribution in [1.82, 2.24) is 29.2 Å². The van der Waals surface area contributed by atoms with Crippen LogP contribution in [0.5, 0.6) is 11.5 Å². The van der Waals surface area contributed by atoms with Crippen LogP contribution in [0.25, 0.3) is 33.7 Å². The van der Waals surface area contributed by atoms with Crippen molar-refractivity contribution in [2.75, 3.05) is 14.2 Å². The molecule has 3 aromatic heterocycles. The molecule has 0 bridgehead atoms. The maximum Gasteiger partial charge on any atom is 0.207 e. The molecule has 27 heavy (non-hydrogen) atoms. The van der Waals surface area contributed by atoms with Crippen LogP contribution in [0.2, 0.25) is 0 Å². The molecule has 0 radical (unpaired) electrons. The molecule has 8 heteroatoms. The highest BCUT2D eigenvalue weighted by Gasteiger charge is 2.19. The normalized spacial score (nSPS) is 11.5. The van der Waals surface area contributed by atoms with Crippen molar-refractivity contribution in [3.05, 3.63) is 48.3 Å². The second-order valence-corrected chi connectivity index (χ2v) is 6.15. The van der Waals surface area contributed by atoms with Gasteiger partial charge in [0.05, 0.1) is 25.3 Å². The molecule has 2 aromatic carbocycles. The van der Waals surface area contributed by atoms with E-state index in [1.54, 1.807) is 14.2 Å². The fourth-order valence-electron chi connectivity index (χ4n) is 3.46. The number of hydrogen-bond donors (Lipinski definition) is 0. The average molecular weight is 360 g/mol. The third kappa shape index (κ3) is 2.10. The molecule has 5 rings (SSSR count). The molecular formula is C19H16N6O2.